The number of hydrogen-bond donors (Lipinski definition) is 2. The van der Waals surface area contributed by atoms with E-state index in [-0.39, 0.29) is 13.3 Å². The molecule has 1 fully saturated rings. The van der Waals surface area contributed by atoms with E-state index in [1.54, 1.807) is 6.08 Å². The standard InChI is InChI=1S/C31H33N3O3.H2/c1-37-30(35)17-12-22-6-5-9-28(18-22)34(31(36)25-7-3-2-4-8-25)21-23-10-13-24(14-11-23)26-15-16-29(33)27(19-26)20-32;/h5-6,9-20,25,32H,2-4,7-8,21,33H2,1H3;1H/b17-12+,32-20?;. The first kappa shape index (κ1) is 25.9. The Morgan fingerprint density at radius 3 is 2.46 bits per heavy atom. The van der Waals surface area contributed by atoms with E-state index in [0.29, 0.717) is 17.8 Å². The minimum absolute atomic E-state index is 0. The quantitative estimate of drug-likeness (QED) is 0.161. The molecule has 0 aromatic heterocycles. The summed E-state index contributed by atoms with van der Waals surface area (Å²) >= 11 is 0. The van der Waals surface area contributed by atoms with Gasteiger partial charge in [-0.3, -0.25) is 4.79 Å². The predicted molar refractivity (Wildman–Crippen MR) is 152 cm³/mol. The minimum atomic E-state index is -0.422. The highest BCUT2D eigenvalue weighted by atomic mass is 16.5. The van der Waals surface area contributed by atoms with Gasteiger partial charge in [0.05, 0.1) is 13.7 Å². The Bertz CT molecular complexity index is 1300. The Kier molecular flexibility index (Phi) is 8.52. The van der Waals surface area contributed by atoms with Gasteiger partial charge in [0, 0.05) is 36.6 Å². The van der Waals surface area contributed by atoms with E-state index in [1.165, 1.54) is 25.8 Å². The van der Waals surface area contributed by atoms with Crippen molar-refractivity contribution < 1.29 is 15.8 Å². The highest BCUT2D eigenvalue weighted by Crippen LogP contribution is 2.30. The molecule has 6 heteroatoms. The number of nitrogens with zero attached hydrogens (tertiary/aromatic N) is 1. The largest absolute Gasteiger partial charge is 0.466 e. The van der Waals surface area contributed by atoms with Crippen molar-refractivity contribution in [1.82, 2.24) is 0 Å². The number of nitrogens with one attached hydrogen (secondary N) is 1. The zero-order valence-electron chi connectivity index (χ0n) is 21.2. The van der Waals surface area contributed by atoms with E-state index in [9.17, 15) is 9.59 Å². The van der Waals surface area contributed by atoms with E-state index in [2.05, 4.69) is 0 Å². The number of hydrogen-bond acceptors (Lipinski definition) is 5. The van der Waals surface area contributed by atoms with Crippen LogP contribution in [0.15, 0.2) is 72.8 Å². The molecule has 6 nitrogen and oxygen atoms in total. The molecule has 0 heterocycles. The maximum atomic E-state index is 13.7. The van der Waals surface area contributed by atoms with Gasteiger partial charge in [-0.1, -0.05) is 61.7 Å². The SMILES string of the molecule is COC(=O)/C=C/c1cccc(N(Cc2ccc(-c3ccc(N)c(C=N)c3)cc2)C(=O)C2CCCCC2)c1.[HH]. The Morgan fingerprint density at radius 2 is 1.76 bits per heavy atom. The molecule has 0 spiro atoms. The zero-order valence-corrected chi connectivity index (χ0v) is 21.2. The van der Waals surface area contributed by atoms with Gasteiger partial charge in [-0.15, -0.1) is 0 Å². The van der Waals surface area contributed by atoms with Crippen molar-refractivity contribution in [3.63, 3.8) is 0 Å². The summed E-state index contributed by atoms with van der Waals surface area (Å²) in [6.45, 7) is 0.452. The fourth-order valence-corrected chi connectivity index (χ4v) is 4.76. The number of amides is 1. The van der Waals surface area contributed by atoms with Crippen LogP contribution in [0, 0.1) is 11.3 Å². The summed E-state index contributed by atoms with van der Waals surface area (Å²) in [5.74, 6) is -0.252. The van der Waals surface area contributed by atoms with E-state index in [1.807, 2.05) is 71.6 Å². The smallest absolute Gasteiger partial charge is 0.330 e. The number of ether oxygens (including phenoxy) is 1. The molecule has 1 amide bonds. The third-order valence-electron chi connectivity index (χ3n) is 6.89. The van der Waals surface area contributed by atoms with Gasteiger partial charge in [-0.05, 0) is 65.4 Å². The van der Waals surface area contributed by atoms with Crippen molar-refractivity contribution in [2.24, 2.45) is 5.92 Å². The van der Waals surface area contributed by atoms with Crippen molar-refractivity contribution in [3.05, 3.63) is 89.5 Å². The Morgan fingerprint density at radius 1 is 1.03 bits per heavy atom. The molecule has 0 atom stereocenters. The van der Waals surface area contributed by atoms with Gasteiger partial charge < -0.3 is 20.8 Å². The third kappa shape index (κ3) is 6.53. The minimum Gasteiger partial charge on any atom is -0.466 e. The fourth-order valence-electron chi connectivity index (χ4n) is 4.76. The van der Waals surface area contributed by atoms with Crippen LogP contribution in [-0.4, -0.2) is 25.2 Å². The number of nitrogens with two attached hydrogens (primary N) is 1. The molecule has 3 aromatic carbocycles. The first-order chi connectivity index (χ1) is 18.0. The predicted octanol–water partition coefficient (Wildman–Crippen LogP) is 6.48. The monoisotopic (exact) mass is 497 g/mol. The molecule has 1 aliphatic rings. The van der Waals surface area contributed by atoms with E-state index in [4.69, 9.17) is 15.9 Å². The second kappa shape index (κ2) is 12.2. The van der Waals surface area contributed by atoms with Crippen LogP contribution in [0.4, 0.5) is 11.4 Å². The van der Waals surface area contributed by atoms with Crippen LogP contribution in [0.25, 0.3) is 17.2 Å². The van der Waals surface area contributed by atoms with Gasteiger partial charge >= 0.3 is 5.97 Å². The summed E-state index contributed by atoms with van der Waals surface area (Å²) in [6.07, 6.45) is 9.53. The molecule has 0 aliphatic heterocycles. The molecule has 1 aliphatic carbocycles. The molecule has 37 heavy (non-hydrogen) atoms. The number of methoxy groups -OCH3 is 1. The molecule has 0 saturated heterocycles. The van der Waals surface area contributed by atoms with E-state index >= 15 is 0 Å². The lowest BCUT2D eigenvalue weighted by molar-refractivity contribution is -0.134. The van der Waals surface area contributed by atoms with Crippen molar-refractivity contribution in [3.8, 4) is 11.1 Å². The molecular weight excluding hydrogens is 462 g/mol. The molecule has 0 unspecified atom stereocenters. The van der Waals surface area contributed by atoms with Crippen LogP contribution < -0.4 is 10.6 Å². The van der Waals surface area contributed by atoms with Crippen molar-refractivity contribution >= 4 is 35.5 Å². The van der Waals surface area contributed by atoms with Crippen LogP contribution >= 0.6 is 0 Å². The van der Waals surface area contributed by atoms with Crippen molar-refractivity contribution in [1.29, 1.82) is 5.41 Å². The lowest BCUT2D eigenvalue weighted by Gasteiger charge is -2.30. The number of rotatable bonds is 8. The molecular formula is C31H35N3O3. The summed E-state index contributed by atoms with van der Waals surface area (Å²) in [4.78, 5) is 27.1. The maximum Gasteiger partial charge on any atom is 0.330 e. The number of carbonyl (C=O) groups excluding carboxylic acids is 2. The Balaban J connectivity index is 0.00000400. The summed E-state index contributed by atoms with van der Waals surface area (Å²) < 4.78 is 4.70. The lowest BCUT2D eigenvalue weighted by atomic mass is 9.88. The normalized spacial score (nSPS) is 13.9. The van der Waals surface area contributed by atoms with Gasteiger partial charge in [0.1, 0.15) is 0 Å². The average molecular weight is 498 g/mol. The van der Waals surface area contributed by atoms with Crippen molar-refractivity contribution in [2.75, 3.05) is 17.7 Å². The highest BCUT2D eigenvalue weighted by Gasteiger charge is 2.27. The van der Waals surface area contributed by atoms with Crippen molar-refractivity contribution in [2.45, 2.75) is 38.6 Å². The summed E-state index contributed by atoms with van der Waals surface area (Å²) in [6, 6.07) is 21.5. The van der Waals surface area contributed by atoms with Gasteiger partial charge in [0.25, 0.3) is 0 Å². The van der Waals surface area contributed by atoms with Gasteiger partial charge in [0.15, 0.2) is 0 Å². The first-order valence-corrected chi connectivity index (χ1v) is 12.7. The average Bonchev–Trinajstić information content (AvgIpc) is 2.95. The third-order valence-corrected chi connectivity index (χ3v) is 6.89. The van der Waals surface area contributed by atoms with Crippen LogP contribution in [0.2, 0.25) is 0 Å². The second-order valence-corrected chi connectivity index (χ2v) is 9.40. The maximum absolute atomic E-state index is 13.7. The number of esters is 1. The molecule has 0 bridgehead atoms. The van der Waals surface area contributed by atoms with Gasteiger partial charge in [0.2, 0.25) is 5.91 Å². The topological polar surface area (TPSA) is 96.5 Å². The number of nitrogen functional groups attached to an aromatic ring is 1. The number of carbonyl (C=O) groups is 2. The Labute approximate surface area is 219 Å². The molecule has 3 N–H and O–H groups in total. The molecule has 4 rings (SSSR count). The lowest BCUT2D eigenvalue weighted by Crippen LogP contribution is -2.36. The molecule has 192 valence electrons. The van der Waals surface area contributed by atoms with Crippen LogP contribution in [-0.2, 0) is 20.9 Å². The zero-order chi connectivity index (χ0) is 26.2. The van der Waals surface area contributed by atoms with E-state index in [0.717, 1.165) is 53.6 Å². The summed E-state index contributed by atoms with van der Waals surface area (Å²) in [5.41, 5.74) is 11.9. The molecule has 0 radical (unpaired) electrons. The number of anilines is 2. The Hall–Kier alpha value is -4.19. The van der Waals surface area contributed by atoms with Gasteiger partial charge in [-0.2, -0.15) is 0 Å². The highest BCUT2D eigenvalue weighted by molar-refractivity contribution is 5.95. The summed E-state index contributed by atoms with van der Waals surface area (Å²) in [7, 11) is 1.35. The van der Waals surface area contributed by atoms with Gasteiger partial charge in [-0.25, -0.2) is 4.79 Å². The first-order valence-electron chi connectivity index (χ1n) is 12.7. The summed E-state index contributed by atoms with van der Waals surface area (Å²) in [5, 5.41) is 7.56. The number of benzene rings is 3. The molecule has 3 aromatic rings. The van der Waals surface area contributed by atoms with Crippen LogP contribution in [0.3, 0.4) is 0 Å². The molecule has 1 saturated carbocycles. The second-order valence-electron chi connectivity index (χ2n) is 9.40. The van der Waals surface area contributed by atoms with Crippen LogP contribution in [0.1, 0.15) is 50.2 Å². The van der Waals surface area contributed by atoms with E-state index < -0.39 is 5.97 Å². The fraction of sp³-hybridized carbons (Fsp3) is 0.258. The van der Waals surface area contributed by atoms with Crippen LogP contribution in [0.5, 0.6) is 0 Å².